The van der Waals surface area contributed by atoms with Gasteiger partial charge in [0.15, 0.2) is 0 Å². The van der Waals surface area contributed by atoms with Gasteiger partial charge in [-0.3, -0.25) is 9.59 Å². The number of hydrogen-bond donors (Lipinski definition) is 2. The minimum absolute atomic E-state index is 0.0386. The van der Waals surface area contributed by atoms with Crippen molar-refractivity contribution in [3.8, 4) is 0 Å². The van der Waals surface area contributed by atoms with Crippen molar-refractivity contribution < 1.29 is 19.1 Å². The fraction of sp³-hybridized carbons (Fsp3) is 0.368. The van der Waals surface area contributed by atoms with Crippen LogP contribution in [0.1, 0.15) is 41.9 Å². The smallest absolute Gasteiger partial charge is 0.251 e. The number of carbonyl (C=O) groups excluding carboxylic acids is 2. The molecule has 2 N–H and O–H groups in total. The van der Waals surface area contributed by atoms with Gasteiger partial charge in [-0.25, -0.2) is 0 Å². The van der Waals surface area contributed by atoms with Crippen LogP contribution < -0.4 is 10.2 Å². The largest absolute Gasteiger partial charge is 0.466 e. The molecule has 1 aliphatic heterocycles. The lowest BCUT2D eigenvalue weighted by molar-refractivity contribution is -0.118. The molecule has 1 aromatic heterocycles. The number of rotatable bonds is 5. The van der Waals surface area contributed by atoms with Crippen molar-refractivity contribution in [2.75, 3.05) is 18.0 Å². The van der Waals surface area contributed by atoms with E-state index in [4.69, 9.17) is 4.42 Å². The number of benzene rings is 1. The summed E-state index contributed by atoms with van der Waals surface area (Å²) in [7, 11) is 0. The Balaban J connectivity index is 1.69. The first-order valence-corrected chi connectivity index (χ1v) is 8.40. The van der Waals surface area contributed by atoms with Crippen LogP contribution in [0.3, 0.4) is 0 Å². The number of hydrogen-bond acceptors (Lipinski definition) is 4. The standard InChI is InChI=1S/C19H22N2O4/c1-3-17(22)21-9-8-13-11-14(6-7-15(13)21)18(23)20-12-19(2,24)16-5-4-10-25-16/h4-7,10-11,24H,3,8-9,12H2,1-2H3,(H,20,23). The van der Waals surface area contributed by atoms with Gasteiger partial charge in [0.05, 0.1) is 12.8 Å². The van der Waals surface area contributed by atoms with Crippen LogP contribution in [0.15, 0.2) is 41.0 Å². The van der Waals surface area contributed by atoms with Crippen molar-refractivity contribution in [2.24, 2.45) is 0 Å². The van der Waals surface area contributed by atoms with Crippen molar-refractivity contribution in [1.82, 2.24) is 5.32 Å². The van der Waals surface area contributed by atoms with E-state index in [0.29, 0.717) is 24.3 Å². The first kappa shape index (κ1) is 17.2. The molecule has 2 amide bonds. The van der Waals surface area contributed by atoms with Crippen LogP contribution >= 0.6 is 0 Å². The van der Waals surface area contributed by atoms with Gasteiger partial charge in [-0.05, 0) is 49.2 Å². The van der Waals surface area contributed by atoms with E-state index in [9.17, 15) is 14.7 Å². The summed E-state index contributed by atoms with van der Waals surface area (Å²) >= 11 is 0. The fourth-order valence-corrected chi connectivity index (χ4v) is 3.02. The van der Waals surface area contributed by atoms with E-state index in [0.717, 1.165) is 17.7 Å². The summed E-state index contributed by atoms with van der Waals surface area (Å²) in [6.45, 7) is 4.12. The van der Waals surface area contributed by atoms with Gasteiger partial charge < -0.3 is 19.7 Å². The van der Waals surface area contributed by atoms with Crippen molar-refractivity contribution >= 4 is 17.5 Å². The molecule has 0 aliphatic carbocycles. The molecule has 0 bridgehead atoms. The summed E-state index contributed by atoms with van der Waals surface area (Å²) in [4.78, 5) is 26.1. The number of fused-ring (bicyclic) bond motifs is 1. The molecule has 1 unspecified atom stereocenters. The molecule has 25 heavy (non-hydrogen) atoms. The maximum Gasteiger partial charge on any atom is 0.251 e. The fourth-order valence-electron chi connectivity index (χ4n) is 3.02. The number of nitrogens with one attached hydrogen (secondary N) is 1. The van der Waals surface area contributed by atoms with Crippen molar-refractivity contribution in [3.05, 3.63) is 53.5 Å². The summed E-state index contributed by atoms with van der Waals surface area (Å²) in [5.74, 6) is 0.218. The second kappa shape index (κ2) is 6.72. The van der Waals surface area contributed by atoms with Crippen LogP contribution in [0.5, 0.6) is 0 Å². The Hall–Kier alpha value is -2.60. The lowest BCUT2D eigenvalue weighted by Gasteiger charge is -2.21. The van der Waals surface area contributed by atoms with Crippen molar-refractivity contribution in [1.29, 1.82) is 0 Å². The number of amides is 2. The van der Waals surface area contributed by atoms with Gasteiger partial charge in [0, 0.05) is 24.2 Å². The van der Waals surface area contributed by atoms with Gasteiger partial charge in [-0.15, -0.1) is 0 Å². The molecule has 0 spiro atoms. The third-order valence-corrected chi connectivity index (χ3v) is 4.49. The highest BCUT2D eigenvalue weighted by Gasteiger charge is 2.28. The molecular formula is C19H22N2O4. The molecule has 0 radical (unpaired) electrons. The number of aliphatic hydroxyl groups is 1. The van der Waals surface area contributed by atoms with E-state index in [1.807, 2.05) is 19.1 Å². The SMILES string of the molecule is CCC(=O)N1CCc2cc(C(=O)NCC(C)(O)c3ccco3)ccc21. The molecule has 132 valence electrons. The molecule has 0 saturated heterocycles. The van der Waals surface area contributed by atoms with Crippen LogP contribution in [-0.4, -0.2) is 30.0 Å². The number of nitrogens with zero attached hydrogens (tertiary/aromatic N) is 1. The van der Waals surface area contributed by atoms with Crippen LogP contribution in [-0.2, 0) is 16.8 Å². The molecule has 1 aromatic carbocycles. The zero-order chi connectivity index (χ0) is 18.0. The number of furan rings is 1. The van der Waals surface area contributed by atoms with E-state index in [1.54, 1.807) is 30.0 Å². The zero-order valence-corrected chi connectivity index (χ0v) is 14.4. The van der Waals surface area contributed by atoms with Crippen molar-refractivity contribution in [2.45, 2.75) is 32.3 Å². The minimum Gasteiger partial charge on any atom is -0.466 e. The molecule has 1 aliphatic rings. The third kappa shape index (κ3) is 3.44. The average Bonchev–Trinajstić information content (AvgIpc) is 3.28. The number of anilines is 1. The highest BCUT2D eigenvalue weighted by atomic mass is 16.4. The summed E-state index contributed by atoms with van der Waals surface area (Å²) in [6, 6.07) is 8.69. The lowest BCUT2D eigenvalue weighted by atomic mass is 10.0. The minimum atomic E-state index is -1.28. The molecule has 2 heterocycles. The molecule has 0 saturated carbocycles. The summed E-state index contributed by atoms with van der Waals surface area (Å²) in [5.41, 5.74) is 1.11. The Morgan fingerprint density at radius 3 is 2.84 bits per heavy atom. The van der Waals surface area contributed by atoms with Crippen LogP contribution in [0.2, 0.25) is 0 Å². The normalized spacial score (nSPS) is 15.6. The highest BCUT2D eigenvalue weighted by molar-refractivity contribution is 5.98. The summed E-state index contributed by atoms with van der Waals surface area (Å²) in [5, 5.41) is 13.1. The monoisotopic (exact) mass is 342 g/mol. The van der Waals surface area contributed by atoms with Gasteiger partial charge in [0.1, 0.15) is 11.4 Å². The Morgan fingerprint density at radius 1 is 1.36 bits per heavy atom. The van der Waals surface area contributed by atoms with E-state index < -0.39 is 5.60 Å². The van der Waals surface area contributed by atoms with Gasteiger partial charge >= 0.3 is 0 Å². The maximum absolute atomic E-state index is 12.4. The zero-order valence-electron chi connectivity index (χ0n) is 14.4. The predicted octanol–water partition coefficient (Wildman–Crippen LogP) is 2.22. The number of carbonyl (C=O) groups is 2. The van der Waals surface area contributed by atoms with E-state index >= 15 is 0 Å². The topological polar surface area (TPSA) is 82.8 Å². The average molecular weight is 342 g/mol. The molecule has 6 nitrogen and oxygen atoms in total. The second-order valence-corrected chi connectivity index (χ2v) is 6.43. The predicted molar refractivity (Wildman–Crippen MR) is 93.4 cm³/mol. The van der Waals surface area contributed by atoms with E-state index in [-0.39, 0.29) is 18.4 Å². The van der Waals surface area contributed by atoms with Crippen molar-refractivity contribution in [3.63, 3.8) is 0 Å². The molecule has 3 rings (SSSR count). The van der Waals surface area contributed by atoms with Gasteiger partial charge in [0.25, 0.3) is 5.91 Å². The van der Waals surface area contributed by atoms with Gasteiger partial charge in [-0.1, -0.05) is 6.92 Å². The summed E-state index contributed by atoms with van der Waals surface area (Å²) in [6.07, 6.45) is 2.69. The molecule has 1 atom stereocenters. The van der Waals surface area contributed by atoms with Gasteiger partial charge in [0.2, 0.25) is 5.91 Å². The van der Waals surface area contributed by atoms with Gasteiger partial charge in [-0.2, -0.15) is 0 Å². The Morgan fingerprint density at radius 2 is 2.16 bits per heavy atom. The Kier molecular flexibility index (Phi) is 4.63. The quantitative estimate of drug-likeness (QED) is 0.873. The second-order valence-electron chi connectivity index (χ2n) is 6.43. The molecular weight excluding hydrogens is 320 g/mol. The third-order valence-electron chi connectivity index (χ3n) is 4.49. The van der Waals surface area contributed by atoms with E-state index in [1.165, 1.54) is 6.26 Å². The summed E-state index contributed by atoms with van der Waals surface area (Å²) < 4.78 is 5.20. The Labute approximate surface area is 146 Å². The molecule has 2 aromatic rings. The first-order chi connectivity index (χ1) is 11.9. The van der Waals surface area contributed by atoms with Crippen LogP contribution in [0.4, 0.5) is 5.69 Å². The van der Waals surface area contributed by atoms with Crippen LogP contribution in [0, 0.1) is 0 Å². The highest BCUT2D eigenvalue weighted by Crippen LogP contribution is 2.29. The first-order valence-electron chi connectivity index (χ1n) is 8.40. The van der Waals surface area contributed by atoms with E-state index in [2.05, 4.69) is 5.32 Å². The Bertz CT molecular complexity index is 781. The van der Waals surface area contributed by atoms with Crippen LogP contribution in [0.25, 0.3) is 0 Å². The lowest BCUT2D eigenvalue weighted by Crippen LogP contribution is -2.38. The molecule has 6 heteroatoms. The maximum atomic E-state index is 12.4. The molecule has 0 fully saturated rings.